The monoisotopic (exact) mass is 493 g/mol. The number of carbonyl (C=O) groups excluding carboxylic acids is 1. The molecule has 0 aliphatic heterocycles. The second kappa shape index (κ2) is 11.6. The maximum Gasteiger partial charge on any atom is 0.251 e. The molecule has 182 valence electrons. The lowest BCUT2D eigenvalue weighted by Gasteiger charge is -2.12. The van der Waals surface area contributed by atoms with Crippen molar-refractivity contribution in [1.82, 2.24) is 14.9 Å². The molecule has 0 fully saturated rings. The van der Waals surface area contributed by atoms with E-state index in [0.29, 0.717) is 35.2 Å². The Morgan fingerprint density at radius 1 is 0.971 bits per heavy atom. The zero-order valence-electron chi connectivity index (χ0n) is 19.8. The third-order valence-electron chi connectivity index (χ3n) is 5.64. The normalized spacial score (nSPS) is 10.8. The van der Waals surface area contributed by atoms with Crippen molar-refractivity contribution in [3.05, 3.63) is 83.1 Å². The molecule has 0 unspecified atom stereocenters. The number of benzene rings is 3. The Bertz CT molecular complexity index is 1290. The van der Waals surface area contributed by atoms with Gasteiger partial charge in [-0.05, 0) is 67.4 Å². The van der Waals surface area contributed by atoms with Gasteiger partial charge in [0.25, 0.3) is 5.91 Å². The van der Waals surface area contributed by atoms with Crippen LogP contribution in [0.15, 0.2) is 66.7 Å². The molecule has 1 heterocycles. The molecular formula is C27H28ClN3O4. The summed E-state index contributed by atoms with van der Waals surface area (Å²) in [6.45, 7) is 1.69. The molecule has 0 aliphatic rings. The van der Waals surface area contributed by atoms with Crippen molar-refractivity contribution in [2.45, 2.75) is 25.9 Å². The quantitative estimate of drug-likeness (QED) is 0.279. The van der Waals surface area contributed by atoms with Gasteiger partial charge in [0, 0.05) is 17.1 Å². The van der Waals surface area contributed by atoms with E-state index in [1.807, 2.05) is 48.5 Å². The molecule has 0 atom stereocenters. The molecule has 7 nitrogen and oxygen atoms in total. The molecule has 0 bridgehead atoms. The van der Waals surface area contributed by atoms with Crippen LogP contribution < -0.4 is 19.5 Å². The number of unbranched alkanes of at least 4 members (excludes halogenated alkanes) is 1. The van der Waals surface area contributed by atoms with Gasteiger partial charge in [0.2, 0.25) is 0 Å². The third-order valence-corrected chi connectivity index (χ3v) is 5.90. The molecule has 0 saturated heterocycles. The van der Waals surface area contributed by atoms with Crippen molar-refractivity contribution in [2.24, 2.45) is 0 Å². The molecule has 1 aromatic heterocycles. The second-order valence-electron chi connectivity index (χ2n) is 7.93. The van der Waals surface area contributed by atoms with Crippen molar-refractivity contribution >= 4 is 28.5 Å². The van der Waals surface area contributed by atoms with Crippen LogP contribution in [0.5, 0.6) is 17.2 Å². The number of hydrogen-bond acceptors (Lipinski definition) is 5. The number of methoxy groups -OCH3 is 2. The van der Waals surface area contributed by atoms with Crippen LogP contribution in [0.3, 0.4) is 0 Å². The van der Waals surface area contributed by atoms with Gasteiger partial charge in [-0.15, -0.1) is 0 Å². The van der Waals surface area contributed by atoms with Gasteiger partial charge in [-0.3, -0.25) is 4.79 Å². The summed E-state index contributed by atoms with van der Waals surface area (Å²) in [7, 11) is 3.11. The van der Waals surface area contributed by atoms with Crippen LogP contribution in [0.25, 0.3) is 11.0 Å². The topological polar surface area (TPSA) is 74.6 Å². The lowest BCUT2D eigenvalue weighted by atomic mass is 10.2. The van der Waals surface area contributed by atoms with Crippen LogP contribution in [0, 0.1) is 0 Å². The Labute approximate surface area is 209 Å². The Kier molecular flexibility index (Phi) is 8.11. The first-order chi connectivity index (χ1) is 17.1. The van der Waals surface area contributed by atoms with Crippen LogP contribution >= 0.6 is 11.6 Å². The molecule has 0 radical (unpaired) electrons. The number of fused-ring (bicyclic) bond motifs is 1. The summed E-state index contributed by atoms with van der Waals surface area (Å²) in [5.41, 5.74) is 2.44. The van der Waals surface area contributed by atoms with Gasteiger partial charge < -0.3 is 24.1 Å². The number of aryl methyl sites for hydroxylation is 1. The number of imidazole rings is 1. The molecule has 4 aromatic rings. The summed E-state index contributed by atoms with van der Waals surface area (Å²) < 4.78 is 18.5. The highest BCUT2D eigenvalue weighted by molar-refractivity contribution is 6.30. The lowest BCUT2D eigenvalue weighted by molar-refractivity contribution is 0.0949. The molecule has 4 rings (SSSR count). The number of nitrogens with zero attached hydrogens (tertiary/aromatic N) is 2. The van der Waals surface area contributed by atoms with E-state index in [-0.39, 0.29) is 5.91 Å². The van der Waals surface area contributed by atoms with Gasteiger partial charge in [-0.2, -0.15) is 0 Å². The smallest absolute Gasteiger partial charge is 0.251 e. The highest BCUT2D eigenvalue weighted by Gasteiger charge is 2.14. The molecule has 0 spiro atoms. The minimum Gasteiger partial charge on any atom is -0.494 e. The summed E-state index contributed by atoms with van der Waals surface area (Å²) in [5.74, 6) is 2.49. The lowest BCUT2D eigenvalue weighted by Crippen LogP contribution is -2.25. The number of carbonyl (C=O) groups is 1. The minimum atomic E-state index is -0.207. The largest absolute Gasteiger partial charge is 0.494 e. The van der Waals surface area contributed by atoms with Crippen molar-refractivity contribution < 1.29 is 19.0 Å². The van der Waals surface area contributed by atoms with E-state index in [1.54, 1.807) is 32.4 Å². The zero-order chi connectivity index (χ0) is 24.6. The van der Waals surface area contributed by atoms with Crippen molar-refractivity contribution in [1.29, 1.82) is 0 Å². The van der Waals surface area contributed by atoms with Crippen LogP contribution in [0.2, 0.25) is 5.02 Å². The van der Waals surface area contributed by atoms with Crippen LogP contribution in [-0.2, 0) is 13.1 Å². The van der Waals surface area contributed by atoms with Crippen molar-refractivity contribution in [3.63, 3.8) is 0 Å². The predicted octanol–water partition coefficient (Wildman–Crippen LogP) is 5.50. The Morgan fingerprint density at radius 2 is 1.74 bits per heavy atom. The van der Waals surface area contributed by atoms with Gasteiger partial charge in [-0.1, -0.05) is 23.7 Å². The fraction of sp³-hybridized carbons (Fsp3) is 0.259. The maximum atomic E-state index is 12.8. The fourth-order valence-electron chi connectivity index (χ4n) is 3.84. The Morgan fingerprint density at radius 3 is 2.51 bits per heavy atom. The number of rotatable bonds is 11. The number of para-hydroxylation sites is 2. The molecule has 0 aliphatic carbocycles. The average Bonchev–Trinajstić information content (AvgIpc) is 3.25. The minimum absolute atomic E-state index is 0.207. The summed E-state index contributed by atoms with van der Waals surface area (Å²) in [5, 5.41) is 3.67. The molecule has 35 heavy (non-hydrogen) atoms. The number of hydrogen-bond donors (Lipinski definition) is 1. The number of aromatic nitrogens is 2. The number of nitrogens with one attached hydrogen (secondary N) is 1. The first-order valence-electron chi connectivity index (χ1n) is 11.4. The van der Waals surface area contributed by atoms with Crippen molar-refractivity contribution in [2.75, 3.05) is 20.8 Å². The van der Waals surface area contributed by atoms with Crippen molar-refractivity contribution in [3.8, 4) is 17.2 Å². The van der Waals surface area contributed by atoms with Crippen LogP contribution in [-0.4, -0.2) is 36.3 Å². The van der Waals surface area contributed by atoms with E-state index in [9.17, 15) is 4.79 Å². The average molecular weight is 494 g/mol. The van der Waals surface area contributed by atoms with Gasteiger partial charge >= 0.3 is 0 Å². The Hall–Kier alpha value is -3.71. The summed E-state index contributed by atoms with van der Waals surface area (Å²) in [4.78, 5) is 17.6. The summed E-state index contributed by atoms with van der Waals surface area (Å²) >= 11 is 5.92. The summed E-state index contributed by atoms with van der Waals surface area (Å²) in [6.07, 6.45) is 1.79. The van der Waals surface area contributed by atoms with E-state index < -0.39 is 0 Å². The van der Waals surface area contributed by atoms with E-state index in [1.165, 1.54) is 0 Å². The SMILES string of the molecule is COc1ccc(C(=O)NCc2nc3ccccc3n2CCCCOc2ccc(Cl)cc2)cc1OC. The molecular weight excluding hydrogens is 466 g/mol. The molecule has 0 saturated carbocycles. The zero-order valence-corrected chi connectivity index (χ0v) is 20.5. The van der Waals surface area contributed by atoms with Crippen LogP contribution in [0.4, 0.5) is 0 Å². The van der Waals surface area contributed by atoms with Gasteiger partial charge in [0.15, 0.2) is 11.5 Å². The van der Waals surface area contributed by atoms with Gasteiger partial charge in [0.1, 0.15) is 11.6 Å². The number of halogens is 1. The highest BCUT2D eigenvalue weighted by atomic mass is 35.5. The fourth-order valence-corrected chi connectivity index (χ4v) is 3.97. The molecule has 1 amide bonds. The Balaban J connectivity index is 1.39. The first-order valence-corrected chi connectivity index (χ1v) is 11.8. The number of amides is 1. The van der Waals surface area contributed by atoms with E-state index >= 15 is 0 Å². The maximum absolute atomic E-state index is 12.8. The van der Waals surface area contributed by atoms with E-state index in [0.717, 1.165) is 42.0 Å². The summed E-state index contributed by atoms with van der Waals surface area (Å²) in [6, 6.07) is 20.4. The van der Waals surface area contributed by atoms with E-state index in [4.69, 9.17) is 30.8 Å². The van der Waals surface area contributed by atoms with Gasteiger partial charge in [0.05, 0.1) is 38.4 Å². The van der Waals surface area contributed by atoms with E-state index in [2.05, 4.69) is 9.88 Å². The molecule has 8 heteroatoms. The first kappa shape index (κ1) is 24.4. The molecule has 3 aromatic carbocycles. The standard InChI is InChI=1S/C27H28ClN3O4/c1-33-24-14-9-19(17-25(24)34-2)27(32)29-18-26-30-22-7-3-4-8-23(22)31(26)15-5-6-16-35-21-12-10-20(28)11-13-21/h3-4,7-14,17H,5-6,15-16,18H2,1-2H3,(H,29,32). The van der Waals surface area contributed by atoms with Gasteiger partial charge in [-0.25, -0.2) is 4.98 Å². The second-order valence-corrected chi connectivity index (χ2v) is 8.37. The third kappa shape index (κ3) is 6.05. The predicted molar refractivity (Wildman–Crippen MR) is 137 cm³/mol. The highest BCUT2D eigenvalue weighted by Crippen LogP contribution is 2.27. The number of ether oxygens (including phenoxy) is 3. The molecule has 1 N–H and O–H groups in total. The van der Waals surface area contributed by atoms with Crippen LogP contribution in [0.1, 0.15) is 29.0 Å².